The molecule has 116 valence electrons. The third-order valence-electron chi connectivity index (χ3n) is 2.92. The van der Waals surface area contributed by atoms with Crippen molar-refractivity contribution in [2.75, 3.05) is 6.61 Å². The number of nitrogens with two attached hydrogens (primary N) is 1. The van der Waals surface area contributed by atoms with Crippen LogP contribution in [-0.4, -0.2) is 12.5 Å². The number of benzene rings is 2. The van der Waals surface area contributed by atoms with Gasteiger partial charge in [-0.2, -0.15) is 0 Å². The molecule has 0 atom stereocenters. The van der Waals surface area contributed by atoms with Gasteiger partial charge < -0.3 is 15.2 Å². The van der Waals surface area contributed by atoms with Crippen molar-refractivity contribution in [1.82, 2.24) is 0 Å². The summed E-state index contributed by atoms with van der Waals surface area (Å²) in [5, 5.41) is 0.858. The van der Waals surface area contributed by atoms with Crippen LogP contribution in [0.15, 0.2) is 36.4 Å². The second kappa shape index (κ2) is 7.38. The predicted molar refractivity (Wildman–Crippen MR) is 86.9 cm³/mol. The molecule has 0 radical (unpaired) electrons. The Labute approximate surface area is 138 Å². The number of amides is 1. The highest BCUT2D eigenvalue weighted by molar-refractivity contribution is 6.32. The Kier molecular flexibility index (Phi) is 5.52. The molecule has 0 unspecified atom stereocenters. The zero-order valence-electron chi connectivity index (χ0n) is 11.9. The highest BCUT2D eigenvalue weighted by Crippen LogP contribution is 2.37. The van der Waals surface area contributed by atoms with Gasteiger partial charge in [0.05, 0.1) is 11.6 Å². The first-order valence-corrected chi connectivity index (χ1v) is 7.41. The molecule has 22 heavy (non-hydrogen) atoms. The molecule has 1 amide bonds. The summed E-state index contributed by atoms with van der Waals surface area (Å²) >= 11 is 12.3. The Morgan fingerprint density at radius 2 is 1.86 bits per heavy atom. The fraction of sp³-hybridized carbons (Fsp3) is 0.188. The number of rotatable bonds is 6. The number of carbonyl (C=O) groups excluding carboxylic acids is 1. The van der Waals surface area contributed by atoms with Crippen molar-refractivity contribution in [2.45, 2.75) is 13.5 Å². The minimum absolute atomic E-state index is 0.232. The highest BCUT2D eigenvalue weighted by Gasteiger charge is 2.15. The van der Waals surface area contributed by atoms with Crippen LogP contribution >= 0.6 is 23.2 Å². The van der Waals surface area contributed by atoms with Crippen molar-refractivity contribution >= 4 is 29.1 Å². The monoisotopic (exact) mass is 339 g/mol. The molecule has 0 aliphatic carbocycles. The Hall–Kier alpha value is -1.91. The standard InChI is InChI=1S/C16H15Cl2NO3/c1-2-21-14-8-11(16(19)20)7-13(18)15(14)22-9-10-5-3-4-6-12(10)17/h3-8H,2,9H2,1H3,(H2,19,20). The number of hydrogen-bond acceptors (Lipinski definition) is 3. The first-order chi connectivity index (χ1) is 10.5. The van der Waals surface area contributed by atoms with Gasteiger partial charge in [0.25, 0.3) is 0 Å². The Morgan fingerprint density at radius 3 is 2.50 bits per heavy atom. The maximum atomic E-state index is 11.3. The van der Waals surface area contributed by atoms with Crippen molar-refractivity contribution in [3.8, 4) is 11.5 Å². The van der Waals surface area contributed by atoms with Crippen LogP contribution in [0, 0.1) is 0 Å². The summed E-state index contributed by atoms with van der Waals surface area (Å²) < 4.78 is 11.2. The van der Waals surface area contributed by atoms with E-state index in [1.165, 1.54) is 12.1 Å². The maximum absolute atomic E-state index is 11.3. The summed E-state index contributed by atoms with van der Waals surface area (Å²) in [6.07, 6.45) is 0. The normalized spacial score (nSPS) is 10.3. The number of halogens is 2. The van der Waals surface area contributed by atoms with Crippen molar-refractivity contribution in [3.63, 3.8) is 0 Å². The lowest BCUT2D eigenvalue weighted by Gasteiger charge is -2.15. The quantitative estimate of drug-likeness (QED) is 0.862. The molecule has 6 heteroatoms. The lowest BCUT2D eigenvalue weighted by atomic mass is 10.2. The van der Waals surface area contributed by atoms with Crippen molar-refractivity contribution < 1.29 is 14.3 Å². The molecule has 0 fully saturated rings. The summed E-state index contributed by atoms with van der Waals surface area (Å²) in [6.45, 7) is 2.46. The summed E-state index contributed by atoms with van der Waals surface area (Å²) in [5.74, 6) is 0.143. The molecule has 2 rings (SSSR count). The predicted octanol–water partition coefficient (Wildman–Crippen LogP) is 4.07. The van der Waals surface area contributed by atoms with Crippen LogP contribution < -0.4 is 15.2 Å². The van der Waals surface area contributed by atoms with Crippen LogP contribution in [-0.2, 0) is 6.61 Å². The van der Waals surface area contributed by atoms with Gasteiger partial charge in [0.2, 0.25) is 5.91 Å². The fourth-order valence-electron chi connectivity index (χ4n) is 1.88. The van der Waals surface area contributed by atoms with Gasteiger partial charge in [-0.3, -0.25) is 4.79 Å². The van der Waals surface area contributed by atoms with Crippen LogP contribution in [0.1, 0.15) is 22.8 Å². The molecule has 2 aromatic carbocycles. The molecular weight excluding hydrogens is 325 g/mol. The second-order valence-electron chi connectivity index (χ2n) is 4.46. The molecule has 4 nitrogen and oxygen atoms in total. The van der Waals surface area contributed by atoms with Gasteiger partial charge in [-0.05, 0) is 25.1 Å². The van der Waals surface area contributed by atoms with Gasteiger partial charge in [-0.1, -0.05) is 41.4 Å². The van der Waals surface area contributed by atoms with Gasteiger partial charge >= 0.3 is 0 Å². The third kappa shape index (κ3) is 3.84. The van der Waals surface area contributed by atoms with Crippen LogP contribution in [0.2, 0.25) is 10.0 Å². The summed E-state index contributed by atoms with van der Waals surface area (Å²) in [5.41, 5.74) is 6.35. The number of ether oxygens (including phenoxy) is 2. The molecule has 0 aliphatic heterocycles. The van der Waals surface area contributed by atoms with E-state index < -0.39 is 5.91 Å². The zero-order valence-corrected chi connectivity index (χ0v) is 13.4. The van der Waals surface area contributed by atoms with Gasteiger partial charge in [0.1, 0.15) is 6.61 Å². The maximum Gasteiger partial charge on any atom is 0.248 e. The van der Waals surface area contributed by atoms with Gasteiger partial charge in [-0.25, -0.2) is 0 Å². The zero-order chi connectivity index (χ0) is 16.1. The van der Waals surface area contributed by atoms with Gasteiger partial charge in [-0.15, -0.1) is 0 Å². The second-order valence-corrected chi connectivity index (χ2v) is 5.28. The SMILES string of the molecule is CCOc1cc(C(N)=O)cc(Cl)c1OCc1ccccc1Cl. The summed E-state index contributed by atoms with van der Waals surface area (Å²) in [4.78, 5) is 11.3. The van der Waals surface area contributed by atoms with Crippen LogP contribution in [0.3, 0.4) is 0 Å². The average molecular weight is 340 g/mol. The van der Waals surface area contributed by atoms with Gasteiger partial charge in [0.15, 0.2) is 11.5 Å². The lowest BCUT2D eigenvalue weighted by Crippen LogP contribution is -2.11. The first-order valence-electron chi connectivity index (χ1n) is 6.65. The average Bonchev–Trinajstić information content (AvgIpc) is 2.48. The van der Waals surface area contributed by atoms with Crippen molar-refractivity contribution in [3.05, 3.63) is 57.6 Å². The molecule has 0 aromatic heterocycles. The Morgan fingerprint density at radius 1 is 1.14 bits per heavy atom. The molecule has 2 N–H and O–H groups in total. The largest absolute Gasteiger partial charge is 0.490 e. The lowest BCUT2D eigenvalue weighted by molar-refractivity contribution is 0.0999. The van der Waals surface area contributed by atoms with E-state index in [0.29, 0.717) is 23.1 Å². The number of primary amides is 1. The van der Waals surface area contributed by atoms with Crippen molar-refractivity contribution in [1.29, 1.82) is 0 Å². The van der Waals surface area contributed by atoms with E-state index in [4.69, 9.17) is 38.4 Å². The molecule has 0 spiro atoms. The molecule has 0 heterocycles. The minimum atomic E-state index is -0.583. The first kappa shape index (κ1) is 16.5. The van der Waals surface area contributed by atoms with E-state index in [1.807, 2.05) is 25.1 Å². The molecular formula is C16H15Cl2NO3. The van der Waals surface area contributed by atoms with Gasteiger partial charge in [0, 0.05) is 16.1 Å². The number of hydrogen-bond donors (Lipinski definition) is 1. The molecule has 2 aromatic rings. The summed E-state index contributed by atoms with van der Waals surface area (Å²) in [6, 6.07) is 10.3. The minimum Gasteiger partial charge on any atom is -0.490 e. The van der Waals surface area contributed by atoms with E-state index in [9.17, 15) is 4.79 Å². The molecule has 0 saturated heterocycles. The van der Waals surface area contributed by atoms with Crippen molar-refractivity contribution in [2.24, 2.45) is 5.73 Å². The van der Waals surface area contributed by atoms with E-state index in [-0.39, 0.29) is 17.2 Å². The Balaban J connectivity index is 2.29. The molecule has 0 saturated carbocycles. The summed E-state index contributed by atoms with van der Waals surface area (Å²) in [7, 11) is 0. The topological polar surface area (TPSA) is 61.5 Å². The van der Waals surface area contributed by atoms with Crippen LogP contribution in [0.5, 0.6) is 11.5 Å². The van der Waals surface area contributed by atoms with E-state index >= 15 is 0 Å². The molecule has 0 aliphatic rings. The van der Waals surface area contributed by atoms with E-state index in [0.717, 1.165) is 5.56 Å². The third-order valence-corrected chi connectivity index (χ3v) is 3.57. The van der Waals surface area contributed by atoms with Crippen LogP contribution in [0.25, 0.3) is 0 Å². The molecule has 0 bridgehead atoms. The fourth-order valence-corrected chi connectivity index (χ4v) is 2.33. The number of carbonyl (C=O) groups is 1. The van der Waals surface area contributed by atoms with Crippen LogP contribution in [0.4, 0.5) is 0 Å². The highest BCUT2D eigenvalue weighted by atomic mass is 35.5. The Bertz CT molecular complexity index is 689. The van der Waals surface area contributed by atoms with E-state index in [1.54, 1.807) is 6.07 Å². The van der Waals surface area contributed by atoms with E-state index in [2.05, 4.69) is 0 Å². The smallest absolute Gasteiger partial charge is 0.248 e.